The maximum Gasteiger partial charge on any atom is 0.425 e. The third-order valence-corrected chi connectivity index (χ3v) is 20.1. The summed E-state index contributed by atoms with van der Waals surface area (Å²) in [4.78, 5) is 226. The second-order valence-corrected chi connectivity index (χ2v) is 31.0. The van der Waals surface area contributed by atoms with E-state index in [1.807, 2.05) is 26.0 Å². The summed E-state index contributed by atoms with van der Waals surface area (Å²) in [7, 11) is -3.11. The van der Waals surface area contributed by atoms with E-state index in [-0.39, 0.29) is 127 Å². The first-order valence-electron chi connectivity index (χ1n) is 40.3. The van der Waals surface area contributed by atoms with Gasteiger partial charge in [0.25, 0.3) is 11.8 Å². The number of carbonyl (C=O) groups is 15. The van der Waals surface area contributed by atoms with E-state index >= 15 is 19.2 Å². The number of ketones is 5. The number of carbonyl (C=O) groups excluding carboxylic acids is 15. The maximum atomic E-state index is 15.2. The van der Waals surface area contributed by atoms with Crippen molar-refractivity contribution in [3.8, 4) is 0 Å². The number of nitrogens with one attached hydrogen (secondary N) is 7. The van der Waals surface area contributed by atoms with Crippen LogP contribution in [0.1, 0.15) is 194 Å². The molecule has 3 aromatic rings. The molecule has 23 N–H and O–H groups in total. The molecule has 0 spiro atoms. The summed E-state index contributed by atoms with van der Waals surface area (Å²) < 4.78 is 25.3. The molecule has 2 aromatic carbocycles. The largest absolute Gasteiger partial charge is 0.425 e. The number of amides is 9. The Balaban J connectivity index is 0.00000908. The number of aromatic nitrogens is 1. The van der Waals surface area contributed by atoms with Gasteiger partial charge >= 0.3 is 16.6 Å². The number of primary amides is 1. The Labute approximate surface area is 699 Å². The molecule has 11 atom stereocenters. The van der Waals surface area contributed by atoms with Gasteiger partial charge in [0.1, 0.15) is 12.1 Å². The van der Waals surface area contributed by atoms with E-state index in [4.69, 9.17) is 57.6 Å². The number of fused-ring (bicyclic) bond motifs is 1. The Morgan fingerprint density at radius 2 is 0.975 bits per heavy atom. The molecule has 1 fully saturated rings. The Morgan fingerprint density at radius 3 is 1.51 bits per heavy atom. The molecule has 0 saturated carbocycles. The Hall–Kier alpha value is -11.4. The molecule has 0 unspecified atom stereocenters. The number of guanidine groups is 3. The average molecular weight is 1700 g/mol. The minimum atomic E-state index is -3.11. The molecule has 9 amide bonds. The van der Waals surface area contributed by atoms with Crippen LogP contribution >= 0.6 is 0 Å². The number of aliphatic imine (C=N–C) groups is 3. The molecule has 0 radical (unpaired) electrons. The van der Waals surface area contributed by atoms with Crippen molar-refractivity contribution in [1.82, 2.24) is 41.9 Å². The van der Waals surface area contributed by atoms with E-state index < -0.39 is 222 Å². The fourth-order valence-electron chi connectivity index (χ4n) is 13.3. The number of aliphatic hydroxyl groups excluding tert-OH is 2. The van der Waals surface area contributed by atoms with Gasteiger partial charge in [0.2, 0.25) is 41.4 Å². The fraction of sp³-hybridized carbons (Fsp3) is 0.600. The van der Waals surface area contributed by atoms with E-state index in [9.17, 15) is 63.0 Å². The number of para-hydroxylation sites is 1. The molecule has 120 heavy (non-hydrogen) atoms. The molecule has 1 aliphatic heterocycles. The number of aromatic amines is 1. The lowest BCUT2D eigenvalue weighted by Crippen LogP contribution is -2.54. The summed E-state index contributed by atoms with van der Waals surface area (Å²) in [6.45, 7) is 8.96. The highest BCUT2D eigenvalue weighted by atomic mass is 32.2. The lowest BCUT2D eigenvalue weighted by molar-refractivity contribution is -0.197. The number of Topliss-reactive ketones (excluding diaryl/α,β-unsaturated/α-hetero) is 5. The number of nitrogens with zero attached hydrogens (tertiary/aromatic N) is 4. The van der Waals surface area contributed by atoms with E-state index in [0.29, 0.717) is 59.2 Å². The number of benzene rings is 2. The molecule has 1 aromatic heterocycles. The van der Waals surface area contributed by atoms with Crippen molar-refractivity contribution in [3.05, 3.63) is 71.9 Å². The van der Waals surface area contributed by atoms with E-state index in [1.54, 1.807) is 76.4 Å². The van der Waals surface area contributed by atoms with Crippen molar-refractivity contribution in [2.24, 2.45) is 96.5 Å². The second-order valence-electron chi connectivity index (χ2n) is 30.6. The van der Waals surface area contributed by atoms with Crippen LogP contribution in [0.3, 0.4) is 0 Å². The molecular formula is C80H122N18O21S. The summed E-state index contributed by atoms with van der Waals surface area (Å²) in [6, 6.07) is 8.15. The van der Waals surface area contributed by atoms with E-state index in [1.165, 1.54) is 0 Å². The number of unbranched alkanes of at least 4 members (excludes halogenated alkanes) is 3. The number of hydrogen-bond donors (Lipinski definition) is 16. The van der Waals surface area contributed by atoms with Gasteiger partial charge in [0.05, 0.1) is 43.3 Å². The number of hydrogen-bond acceptors (Lipinski definition) is 24. The molecule has 0 aliphatic carbocycles. The number of H-pyrrole nitrogens is 1. The van der Waals surface area contributed by atoms with Crippen LogP contribution in [-0.4, -0.2) is 208 Å². The molecule has 1 aliphatic rings. The molecule has 40 heteroatoms. The predicted molar refractivity (Wildman–Crippen MR) is 442 cm³/mol. The summed E-state index contributed by atoms with van der Waals surface area (Å²) in [5.41, 5.74) is 41.3. The third kappa shape index (κ3) is 39.0. The van der Waals surface area contributed by atoms with Crippen molar-refractivity contribution in [2.75, 3.05) is 32.8 Å². The van der Waals surface area contributed by atoms with E-state index in [2.05, 4.69) is 51.9 Å². The fourth-order valence-corrected chi connectivity index (χ4v) is 13.3. The summed E-state index contributed by atoms with van der Waals surface area (Å²) in [6.07, 6.45) is 0.951. The summed E-state index contributed by atoms with van der Waals surface area (Å²) >= 11 is 0. The van der Waals surface area contributed by atoms with Gasteiger partial charge in [-0.1, -0.05) is 109 Å². The molecule has 4 rings (SSSR count). The lowest BCUT2D eigenvalue weighted by Gasteiger charge is -2.28. The minimum Gasteiger partial charge on any atom is -0.396 e. The van der Waals surface area contributed by atoms with Crippen molar-refractivity contribution in [1.29, 1.82) is 0 Å². The Kier molecular flexibility index (Phi) is 46.8. The topological polar surface area (TPSA) is 667 Å². The molecule has 664 valence electrons. The minimum absolute atomic E-state index is 0.00300. The quantitative estimate of drug-likeness (QED) is 0.0151. The Morgan fingerprint density at radius 1 is 0.492 bits per heavy atom. The van der Waals surface area contributed by atoms with E-state index in [0.717, 1.165) is 0 Å². The average Bonchev–Trinajstić information content (AvgIpc) is 1.56. The first-order chi connectivity index (χ1) is 56.8. The van der Waals surface area contributed by atoms with Gasteiger partial charge in [-0.05, 0) is 99.2 Å². The zero-order valence-corrected chi connectivity index (χ0v) is 70.0. The highest BCUT2D eigenvalue weighted by molar-refractivity contribution is 7.59. The van der Waals surface area contributed by atoms with Crippen molar-refractivity contribution < 1.29 is 99.6 Å². The van der Waals surface area contributed by atoms with Crippen LogP contribution in [0.15, 0.2) is 75.8 Å². The van der Waals surface area contributed by atoms with Crippen LogP contribution < -0.4 is 72.0 Å². The molecular weight excluding hydrogens is 1580 g/mol. The Bertz CT molecular complexity index is 4140. The van der Waals surface area contributed by atoms with Gasteiger partial charge in [0.15, 0.2) is 46.8 Å². The standard InChI is InChI=1S/C80H122N18O18.O3S/c1-7-48(6)72(65(105)42-54(44-99)73(81)111)97-75(113)51(23-18-34-89-79(84)85)39-62(102)57(26-19-35-90-80(86)87)93-76(114)52(37-49-20-11-10-12-21-49)41-64(104)58(36-46(2)3)94-74(112)50(22-17-33-88-78(82)83)40-63(103)59(38-53-43-91-56-25-16-15-24-55(53)56)92-67(107)30-29-61(101)60(45-100)95-77(115)71(47(4)5)96-66(106)27-13-8-9-14-28-70(110)116-98-68(108)31-32-69(98)109;1-4(2)3/h10-12,15-16,20-21,24-25,43,46-48,50-52,54,57-60,71-72,91,99-100H,7-9,13-14,17-19,22-23,26-42,44-45H2,1-6H3,(H2,81,111)(H,92,107)(H,93,114)(H,94,112)(H,95,115)(H,96,106)(H,97,113)(H4,82,83,88)(H4,84,85,89)(H4,86,87,90);/t48-,50-,51-,52-,54+,57-,58-,59-,60-,71+,72+;/m1./s1. The molecule has 1 saturated heterocycles. The van der Waals surface area contributed by atoms with Crippen LogP contribution in [0.25, 0.3) is 10.9 Å². The zero-order valence-electron chi connectivity index (χ0n) is 69.2. The van der Waals surface area contributed by atoms with Crippen molar-refractivity contribution in [2.45, 2.75) is 232 Å². The number of hydroxylamine groups is 2. The smallest absolute Gasteiger partial charge is 0.396 e. The van der Waals surface area contributed by atoms with Gasteiger partial charge in [0, 0.05) is 125 Å². The highest BCUT2D eigenvalue weighted by Crippen LogP contribution is 2.26. The first-order valence-corrected chi connectivity index (χ1v) is 41.3. The lowest BCUT2D eigenvalue weighted by atomic mass is 9.87. The SMILES string of the molecule is CC[C@@H](C)[C@H](NC(=O)[C@H](CCCN=C(N)N)CC(=O)[C@@H](CCCN=C(N)N)NC(=O)[C@@H](CC(=O)[C@@H](CC(C)C)NC(=O)[C@H](CCCN=C(N)N)CC(=O)[C@@H](Cc1c[nH]c2ccccc12)NC(=O)CCC(=O)[C@@H](CO)NC(=O)[C@@H](NC(=O)CCCCCCC(=O)ON1C(=O)CCC1=O)C(C)C)Cc1ccccc1)C(=O)C[C@@H](CO)C(N)=O.O=S(=O)=O. The number of rotatable bonds is 58. The monoisotopic (exact) mass is 1700 g/mol. The summed E-state index contributed by atoms with van der Waals surface area (Å²) in [5, 5.41) is 37.9. The van der Waals surface area contributed by atoms with Gasteiger partial charge in [-0.2, -0.15) is 0 Å². The van der Waals surface area contributed by atoms with Crippen LogP contribution in [-0.2, 0) is 100 Å². The maximum absolute atomic E-state index is 15.2. The van der Waals surface area contributed by atoms with Crippen molar-refractivity contribution in [3.63, 3.8) is 0 Å². The van der Waals surface area contributed by atoms with Gasteiger partial charge in [-0.15, -0.1) is 17.7 Å². The van der Waals surface area contributed by atoms with Crippen LogP contribution in [0, 0.1) is 41.4 Å². The van der Waals surface area contributed by atoms with Crippen LogP contribution in [0.4, 0.5) is 0 Å². The van der Waals surface area contributed by atoms with Gasteiger partial charge < -0.3 is 92.1 Å². The van der Waals surface area contributed by atoms with Gasteiger partial charge in [-0.3, -0.25) is 82.1 Å². The van der Waals surface area contributed by atoms with Crippen LogP contribution in [0.5, 0.6) is 0 Å². The number of imide groups is 1. The first kappa shape index (κ1) is 103. The molecule has 2 heterocycles. The van der Waals surface area contributed by atoms with Crippen molar-refractivity contribution >= 4 is 127 Å². The number of aliphatic hydroxyl groups is 2. The van der Waals surface area contributed by atoms with Crippen LogP contribution in [0.2, 0.25) is 0 Å². The number of nitrogens with two attached hydrogens (primary N) is 7. The third-order valence-electron chi connectivity index (χ3n) is 20.1. The highest BCUT2D eigenvalue weighted by Gasteiger charge is 2.39. The zero-order chi connectivity index (χ0) is 89.7. The second kappa shape index (κ2) is 54.6. The predicted octanol–water partition coefficient (Wildman–Crippen LogP) is -0.165. The summed E-state index contributed by atoms with van der Waals surface area (Å²) in [5.74, 6) is -16.9. The molecule has 39 nitrogen and oxygen atoms in total. The van der Waals surface area contributed by atoms with Gasteiger partial charge in [-0.25, -0.2) is 4.79 Å². The molecule has 0 bridgehead atoms. The normalized spacial score (nSPS) is 14.6.